The van der Waals surface area contributed by atoms with Crippen LogP contribution >= 0.6 is 11.8 Å². The highest BCUT2D eigenvalue weighted by Gasteiger charge is 2.16. The second kappa shape index (κ2) is 9.06. The molecule has 0 unspecified atom stereocenters. The quantitative estimate of drug-likeness (QED) is 0.256. The number of esters is 1. The molecule has 2 aromatic carbocycles. The third-order valence-corrected chi connectivity index (χ3v) is 5.34. The van der Waals surface area contributed by atoms with E-state index in [-0.39, 0.29) is 17.3 Å². The largest absolute Gasteiger partial charge is 0.465 e. The molecule has 3 aromatic rings. The van der Waals surface area contributed by atoms with E-state index in [1.807, 2.05) is 57.2 Å². The van der Waals surface area contributed by atoms with Crippen molar-refractivity contribution in [2.75, 3.05) is 12.4 Å². The molecule has 0 N–H and O–H groups in total. The number of hydrogen-bond donors (Lipinski definition) is 0. The van der Waals surface area contributed by atoms with Crippen LogP contribution in [0.5, 0.6) is 0 Å². The first kappa shape index (κ1) is 20.1. The lowest BCUT2D eigenvalue weighted by atomic mass is 10.1. The van der Waals surface area contributed by atoms with Crippen LogP contribution in [0.15, 0.2) is 52.4 Å². The van der Waals surface area contributed by atoms with Crippen LogP contribution in [0.4, 0.5) is 0 Å². The minimum absolute atomic E-state index is 0.110. The van der Waals surface area contributed by atoms with E-state index in [1.165, 1.54) is 11.8 Å². The van der Waals surface area contributed by atoms with E-state index in [4.69, 9.17) is 4.74 Å². The average Bonchev–Trinajstić information content (AvgIpc) is 2.69. The molecule has 0 radical (unpaired) electrons. The number of unbranched alkanes of at least 4 members (excludes halogenated alkanes) is 1. The molecule has 5 nitrogen and oxygen atoms in total. The Labute approximate surface area is 168 Å². The Morgan fingerprint density at radius 2 is 1.96 bits per heavy atom. The van der Waals surface area contributed by atoms with Crippen molar-refractivity contribution in [2.45, 2.75) is 38.8 Å². The minimum Gasteiger partial charge on any atom is -0.465 e. The van der Waals surface area contributed by atoms with Crippen molar-refractivity contribution in [1.82, 2.24) is 9.55 Å². The molecule has 1 aromatic heterocycles. The number of hydrogen-bond acceptors (Lipinski definition) is 5. The normalized spacial score (nSPS) is 11.0. The van der Waals surface area contributed by atoms with Gasteiger partial charge in [-0.2, -0.15) is 0 Å². The number of benzene rings is 2. The zero-order chi connectivity index (χ0) is 20.1. The number of ether oxygens (including phenoxy) is 1. The van der Waals surface area contributed by atoms with Gasteiger partial charge in [0.15, 0.2) is 5.16 Å². The zero-order valence-corrected chi connectivity index (χ0v) is 17.2. The second-order valence-electron chi connectivity index (χ2n) is 6.70. The Hall–Kier alpha value is -2.60. The molecule has 0 bridgehead atoms. The summed E-state index contributed by atoms with van der Waals surface area (Å²) >= 11 is 1.23. The molecule has 146 valence electrons. The van der Waals surface area contributed by atoms with E-state index in [0.717, 1.165) is 29.7 Å². The average molecular weight is 397 g/mol. The summed E-state index contributed by atoms with van der Waals surface area (Å²) in [5.41, 5.74) is 3.29. The van der Waals surface area contributed by atoms with Crippen molar-refractivity contribution >= 4 is 28.6 Å². The van der Waals surface area contributed by atoms with Gasteiger partial charge in [0.2, 0.25) is 0 Å². The monoisotopic (exact) mass is 396 g/mol. The van der Waals surface area contributed by atoms with E-state index >= 15 is 0 Å². The molecule has 1 heterocycles. The van der Waals surface area contributed by atoms with E-state index in [2.05, 4.69) is 4.98 Å². The molecule has 0 atom stereocenters. The van der Waals surface area contributed by atoms with Crippen molar-refractivity contribution in [3.63, 3.8) is 0 Å². The van der Waals surface area contributed by atoms with Crippen molar-refractivity contribution in [3.05, 3.63) is 63.9 Å². The summed E-state index contributed by atoms with van der Waals surface area (Å²) in [6.45, 7) is 6.42. The Bertz CT molecular complexity index is 1060. The highest BCUT2D eigenvalue weighted by Crippen LogP contribution is 2.24. The van der Waals surface area contributed by atoms with Crippen molar-refractivity contribution in [3.8, 4) is 5.69 Å². The standard InChI is InChI=1S/C22H24N2O3S/c1-4-5-12-27-20(25)14-28-22-23-18-9-7-6-8-17(18)21(26)24(22)19-13-15(2)10-11-16(19)3/h6-11,13H,4-5,12,14H2,1-3H3. The van der Waals surface area contributed by atoms with Gasteiger partial charge < -0.3 is 4.74 Å². The number of para-hydroxylation sites is 1. The van der Waals surface area contributed by atoms with Crippen LogP contribution in [0.25, 0.3) is 16.6 Å². The van der Waals surface area contributed by atoms with Gasteiger partial charge in [0.25, 0.3) is 5.56 Å². The minimum atomic E-state index is -0.298. The molecule has 0 saturated heterocycles. The molecular formula is C22H24N2O3S. The highest BCUT2D eigenvalue weighted by molar-refractivity contribution is 7.99. The summed E-state index contributed by atoms with van der Waals surface area (Å²) in [4.78, 5) is 30.0. The van der Waals surface area contributed by atoms with Crippen LogP contribution in [0.2, 0.25) is 0 Å². The fraction of sp³-hybridized carbons (Fsp3) is 0.318. The van der Waals surface area contributed by atoms with Gasteiger partial charge in [-0.05, 0) is 49.6 Å². The molecule has 0 spiro atoms. The van der Waals surface area contributed by atoms with E-state index < -0.39 is 0 Å². The van der Waals surface area contributed by atoms with Crippen LogP contribution in [-0.2, 0) is 9.53 Å². The van der Waals surface area contributed by atoms with Crippen LogP contribution < -0.4 is 5.56 Å². The number of carbonyl (C=O) groups excluding carboxylic acids is 1. The van der Waals surface area contributed by atoms with E-state index in [1.54, 1.807) is 10.6 Å². The van der Waals surface area contributed by atoms with E-state index in [9.17, 15) is 9.59 Å². The summed E-state index contributed by atoms with van der Waals surface area (Å²) in [6, 6.07) is 13.2. The third kappa shape index (κ3) is 4.44. The number of fused-ring (bicyclic) bond motifs is 1. The smallest absolute Gasteiger partial charge is 0.316 e. The molecule has 0 amide bonds. The number of carbonyl (C=O) groups is 1. The Kier molecular flexibility index (Phi) is 6.52. The van der Waals surface area contributed by atoms with Crippen LogP contribution in [-0.4, -0.2) is 27.9 Å². The molecular weight excluding hydrogens is 372 g/mol. The number of rotatable bonds is 7. The molecule has 0 aliphatic heterocycles. The summed E-state index contributed by atoms with van der Waals surface area (Å²) in [5, 5.41) is 1.04. The number of thioether (sulfide) groups is 1. The first-order valence-corrected chi connectivity index (χ1v) is 10.4. The molecule has 6 heteroatoms. The number of aromatic nitrogens is 2. The maximum absolute atomic E-state index is 13.3. The maximum atomic E-state index is 13.3. The van der Waals surface area contributed by atoms with Crippen LogP contribution in [0, 0.1) is 13.8 Å². The van der Waals surface area contributed by atoms with Crippen LogP contribution in [0.1, 0.15) is 30.9 Å². The van der Waals surface area contributed by atoms with Crippen LogP contribution in [0.3, 0.4) is 0 Å². The summed E-state index contributed by atoms with van der Waals surface area (Å²) < 4.78 is 6.84. The Balaban J connectivity index is 2.04. The fourth-order valence-electron chi connectivity index (χ4n) is 2.88. The molecule has 0 aliphatic rings. The van der Waals surface area contributed by atoms with Gasteiger partial charge in [-0.15, -0.1) is 0 Å². The van der Waals surface area contributed by atoms with Crippen molar-refractivity contribution < 1.29 is 9.53 Å². The predicted octanol–water partition coefficient (Wildman–Crippen LogP) is 4.44. The Morgan fingerprint density at radius 3 is 2.75 bits per heavy atom. The van der Waals surface area contributed by atoms with Gasteiger partial charge in [0.05, 0.1) is 29.0 Å². The summed E-state index contributed by atoms with van der Waals surface area (Å²) in [5.74, 6) is -0.187. The maximum Gasteiger partial charge on any atom is 0.316 e. The van der Waals surface area contributed by atoms with Gasteiger partial charge in [0.1, 0.15) is 0 Å². The Morgan fingerprint density at radius 1 is 1.18 bits per heavy atom. The summed E-state index contributed by atoms with van der Waals surface area (Å²) in [7, 11) is 0. The van der Waals surface area contributed by atoms with Gasteiger partial charge in [0, 0.05) is 0 Å². The van der Waals surface area contributed by atoms with Gasteiger partial charge in [-0.3, -0.25) is 14.2 Å². The highest BCUT2D eigenvalue weighted by atomic mass is 32.2. The third-order valence-electron chi connectivity index (χ3n) is 4.43. The zero-order valence-electron chi connectivity index (χ0n) is 16.4. The predicted molar refractivity (Wildman–Crippen MR) is 113 cm³/mol. The first-order chi connectivity index (χ1) is 13.5. The topological polar surface area (TPSA) is 61.2 Å². The van der Waals surface area contributed by atoms with E-state index in [0.29, 0.717) is 22.7 Å². The lowest BCUT2D eigenvalue weighted by molar-refractivity contribution is -0.140. The molecule has 3 rings (SSSR count). The first-order valence-electron chi connectivity index (χ1n) is 9.39. The van der Waals surface area contributed by atoms with Crippen molar-refractivity contribution in [1.29, 1.82) is 0 Å². The second-order valence-corrected chi connectivity index (χ2v) is 7.65. The number of aryl methyl sites for hydroxylation is 2. The van der Waals surface area contributed by atoms with Gasteiger partial charge in [-0.1, -0.05) is 49.4 Å². The van der Waals surface area contributed by atoms with Gasteiger partial charge in [-0.25, -0.2) is 4.98 Å². The fourth-order valence-corrected chi connectivity index (χ4v) is 3.68. The molecule has 0 fully saturated rings. The SMILES string of the molecule is CCCCOC(=O)CSc1nc2ccccc2c(=O)n1-c1cc(C)ccc1C. The van der Waals surface area contributed by atoms with Crippen molar-refractivity contribution in [2.24, 2.45) is 0 Å². The number of nitrogens with zero attached hydrogens (tertiary/aromatic N) is 2. The molecule has 28 heavy (non-hydrogen) atoms. The molecule has 0 saturated carbocycles. The lowest BCUT2D eigenvalue weighted by Crippen LogP contribution is -2.23. The van der Waals surface area contributed by atoms with Gasteiger partial charge >= 0.3 is 5.97 Å². The molecule has 0 aliphatic carbocycles. The summed E-state index contributed by atoms with van der Waals surface area (Å²) in [6.07, 6.45) is 1.82. The lowest BCUT2D eigenvalue weighted by Gasteiger charge is -2.15.